The van der Waals surface area contributed by atoms with Crippen LogP contribution in [0.15, 0.2) is 0 Å². The zero-order valence-corrected chi connectivity index (χ0v) is 13.0. The maximum absolute atomic E-state index is 11.5. The summed E-state index contributed by atoms with van der Waals surface area (Å²) in [5.74, 6) is 2.60. The van der Waals surface area contributed by atoms with Gasteiger partial charge in [0.2, 0.25) is 5.91 Å². The van der Waals surface area contributed by atoms with Gasteiger partial charge in [-0.1, -0.05) is 46.5 Å². The Balaban J connectivity index is 1.94. The fraction of sp³-hybridized carbons (Fsp3) is 0.938. The monoisotopic (exact) mass is 268 g/mol. The highest BCUT2D eigenvalue weighted by molar-refractivity contribution is 5.77. The minimum atomic E-state index is 0.137. The summed E-state index contributed by atoms with van der Waals surface area (Å²) in [7, 11) is 0. The predicted octanol–water partition coefficient (Wildman–Crippen LogP) is 2.95. The van der Waals surface area contributed by atoms with Crippen molar-refractivity contribution in [3.63, 3.8) is 0 Å². The van der Waals surface area contributed by atoms with E-state index in [0.29, 0.717) is 12.5 Å². The molecule has 112 valence electrons. The highest BCUT2D eigenvalue weighted by Gasteiger charge is 2.17. The minimum absolute atomic E-state index is 0.137. The maximum atomic E-state index is 11.5. The standard InChI is InChI=1S/C16H32N2O/c1-13(2)8-11-18-16(19)12-17-10-9-15-6-4-14(3)5-7-15/h13-15,17H,4-12H2,1-3H3,(H,18,19). The molecule has 0 heterocycles. The van der Waals surface area contributed by atoms with Crippen LogP contribution in [0.3, 0.4) is 0 Å². The first kappa shape index (κ1) is 16.5. The Labute approximate surface area is 118 Å². The lowest BCUT2D eigenvalue weighted by molar-refractivity contribution is -0.120. The SMILES string of the molecule is CC(C)CCNC(=O)CNCCC1CCC(C)CC1. The zero-order valence-electron chi connectivity index (χ0n) is 13.0. The van der Waals surface area contributed by atoms with Crippen molar-refractivity contribution in [3.05, 3.63) is 0 Å². The van der Waals surface area contributed by atoms with Gasteiger partial charge in [0.15, 0.2) is 0 Å². The van der Waals surface area contributed by atoms with Gasteiger partial charge in [0, 0.05) is 6.54 Å². The van der Waals surface area contributed by atoms with Gasteiger partial charge < -0.3 is 10.6 Å². The average molecular weight is 268 g/mol. The van der Waals surface area contributed by atoms with E-state index in [1.165, 1.54) is 32.1 Å². The summed E-state index contributed by atoms with van der Waals surface area (Å²) < 4.78 is 0. The number of carbonyl (C=O) groups is 1. The van der Waals surface area contributed by atoms with Crippen molar-refractivity contribution in [2.75, 3.05) is 19.6 Å². The first-order chi connectivity index (χ1) is 9.08. The van der Waals surface area contributed by atoms with E-state index >= 15 is 0 Å². The van der Waals surface area contributed by atoms with Crippen LogP contribution in [0, 0.1) is 17.8 Å². The molecule has 0 aromatic rings. The van der Waals surface area contributed by atoms with Gasteiger partial charge in [-0.25, -0.2) is 0 Å². The molecule has 19 heavy (non-hydrogen) atoms. The molecule has 3 nitrogen and oxygen atoms in total. The number of hydrogen-bond donors (Lipinski definition) is 2. The van der Waals surface area contributed by atoms with Gasteiger partial charge in [0.25, 0.3) is 0 Å². The van der Waals surface area contributed by atoms with Crippen LogP contribution in [0.1, 0.15) is 59.3 Å². The predicted molar refractivity (Wildman–Crippen MR) is 81.1 cm³/mol. The second-order valence-electron chi connectivity index (χ2n) is 6.62. The van der Waals surface area contributed by atoms with Gasteiger partial charge in [-0.05, 0) is 37.1 Å². The molecule has 0 bridgehead atoms. The van der Waals surface area contributed by atoms with Crippen molar-refractivity contribution in [1.29, 1.82) is 0 Å². The second-order valence-corrected chi connectivity index (χ2v) is 6.62. The molecule has 1 saturated carbocycles. The van der Waals surface area contributed by atoms with Crippen LogP contribution in [-0.4, -0.2) is 25.5 Å². The molecular weight excluding hydrogens is 236 g/mol. The van der Waals surface area contributed by atoms with Crippen molar-refractivity contribution < 1.29 is 4.79 Å². The molecular formula is C16H32N2O. The molecule has 0 aliphatic heterocycles. The Morgan fingerprint density at radius 1 is 1.16 bits per heavy atom. The lowest BCUT2D eigenvalue weighted by Crippen LogP contribution is -2.35. The third-order valence-electron chi connectivity index (χ3n) is 4.19. The normalized spacial score (nSPS) is 23.6. The van der Waals surface area contributed by atoms with E-state index < -0.39 is 0 Å². The average Bonchev–Trinajstić information content (AvgIpc) is 2.36. The summed E-state index contributed by atoms with van der Waals surface area (Å²) in [5.41, 5.74) is 0. The maximum Gasteiger partial charge on any atom is 0.233 e. The molecule has 0 aromatic carbocycles. The van der Waals surface area contributed by atoms with E-state index in [-0.39, 0.29) is 5.91 Å². The van der Waals surface area contributed by atoms with Crippen LogP contribution in [0.25, 0.3) is 0 Å². The quantitative estimate of drug-likeness (QED) is 0.665. The highest BCUT2D eigenvalue weighted by atomic mass is 16.1. The molecule has 1 amide bonds. The number of amides is 1. The Hall–Kier alpha value is -0.570. The molecule has 1 rings (SSSR count). The van der Waals surface area contributed by atoms with Gasteiger partial charge in [0.1, 0.15) is 0 Å². The van der Waals surface area contributed by atoms with E-state index in [1.54, 1.807) is 0 Å². The fourth-order valence-corrected chi connectivity index (χ4v) is 2.69. The van der Waals surface area contributed by atoms with Gasteiger partial charge in [-0.3, -0.25) is 4.79 Å². The van der Waals surface area contributed by atoms with Crippen LogP contribution in [0.5, 0.6) is 0 Å². The zero-order chi connectivity index (χ0) is 14.1. The van der Waals surface area contributed by atoms with Gasteiger partial charge in [0.05, 0.1) is 6.54 Å². The van der Waals surface area contributed by atoms with Crippen LogP contribution < -0.4 is 10.6 Å². The summed E-state index contributed by atoms with van der Waals surface area (Å²) in [5, 5.41) is 6.23. The molecule has 3 heteroatoms. The first-order valence-corrected chi connectivity index (χ1v) is 8.05. The third kappa shape index (κ3) is 8.25. The molecule has 1 aliphatic carbocycles. The summed E-state index contributed by atoms with van der Waals surface area (Å²) in [4.78, 5) is 11.5. The van der Waals surface area contributed by atoms with E-state index in [1.807, 2.05) is 0 Å². The Morgan fingerprint density at radius 3 is 2.47 bits per heavy atom. The van der Waals surface area contributed by atoms with Crippen LogP contribution in [-0.2, 0) is 4.79 Å². The van der Waals surface area contributed by atoms with Crippen LogP contribution in [0.4, 0.5) is 0 Å². The summed E-state index contributed by atoms with van der Waals surface area (Å²) >= 11 is 0. The van der Waals surface area contributed by atoms with E-state index in [0.717, 1.165) is 31.3 Å². The molecule has 1 fully saturated rings. The van der Waals surface area contributed by atoms with Crippen molar-refractivity contribution in [3.8, 4) is 0 Å². The Morgan fingerprint density at radius 2 is 1.84 bits per heavy atom. The Kier molecular flexibility index (Phi) is 8.11. The topological polar surface area (TPSA) is 41.1 Å². The van der Waals surface area contributed by atoms with Crippen molar-refractivity contribution in [2.45, 2.75) is 59.3 Å². The number of carbonyl (C=O) groups excluding carboxylic acids is 1. The molecule has 1 aliphatic rings. The van der Waals surface area contributed by atoms with Crippen molar-refractivity contribution in [2.24, 2.45) is 17.8 Å². The molecule has 0 spiro atoms. The molecule has 0 radical (unpaired) electrons. The molecule has 2 N–H and O–H groups in total. The van der Waals surface area contributed by atoms with E-state index in [2.05, 4.69) is 31.4 Å². The summed E-state index contributed by atoms with van der Waals surface area (Å²) in [6, 6.07) is 0. The van der Waals surface area contributed by atoms with Gasteiger partial charge >= 0.3 is 0 Å². The van der Waals surface area contributed by atoms with Crippen molar-refractivity contribution >= 4 is 5.91 Å². The third-order valence-corrected chi connectivity index (χ3v) is 4.19. The summed E-state index contributed by atoms with van der Waals surface area (Å²) in [6.45, 7) is 8.97. The smallest absolute Gasteiger partial charge is 0.233 e. The van der Waals surface area contributed by atoms with Gasteiger partial charge in [-0.15, -0.1) is 0 Å². The largest absolute Gasteiger partial charge is 0.355 e. The Bertz CT molecular complexity index is 245. The lowest BCUT2D eigenvalue weighted by Gasteiger charge is -2.26. The van der Waals surface area contributed by atoms with Gasteiger partial charge in [-0.2, -0.15) is 0 Å². The van der Waals surface area contributed by atoms with Crippen LogP contribution >= 0.6 is 0 Å². The number of nitrogens with one attached hydrogen (secondary N) is 2. The first-order valence-electron chi connectivity index (χ1n) is 8.05. The number of hydrogen-bond acceptors (Lipinski definition) is 2. The fourth-order valence-electron chi connectivity index (χ4n) is 2.69. The molecule has 0 saturated heterocycles. The van der Waals surface area contributed by atoms with Crippen molar-refractivity contribution in [1.82, 2.24) is 10.6 Å². The molecule has 0 aromatic heterocycles. The highest BCUT2D eigenvalue weighted by Crippen LogP contribution is 2.29. The molecule has 0 atom stereocenters. The molecule has 0 unspecified atom stereocenters. The second kappa shape index (κ2) is 9.35. The van der Waals surface area contributed by atoms with E-state index in [9.17, 15) is 4.79 Å². The summed E-state index contributed by atoms with van der Waals surface area (Å²) in [6.07, 6.45) is 7.82. The minimum Gasteiger partial charge on any atom is -0.355 e. The van der Waals surface area contributed by atoms with Crippen LogP contribution in [0.2, 0.25) is 0 Å². The van der Waals surface area contributed by atoms with E-state index in [4.69, 9.17) is 0 Å². The number of rotatable bonds is 8. The lowest BCUT2D eigenvalue weighted by atomic mass is 9.81.